The molecular formula is C22H16N2O6S. The quantitative estimate of drug-likeness (QED) is 0.526. The van der Waals surface area contributed by atoms with Gasteiger partial charge < -0.3 is 14.5 Å². The summed E-state index contributed by atoms with van der Waals surface area (Å²) >= 11 is 0. The van der Waals surface area contributed by atoms with Crippen LogP contribution in [0, 0.1) is 0 Å². The normalized spacial score (nSPS) is 14.7. The van der Waals surface area contributed by atoms with Gasteiger partial charge in [-0.3, -0.25) is 9.59 Å². The van der Waals surface area contributed by atoms with Crippen molar-refractivity contribution < 1.29 is 27.2 Å². The number of fused-ring (bicyclic) bond motifs is 4. The van der Waals surface area contributed by atoms with E-state index in [1.165, 1.54) is 25.3 Å². The van der Waals surface area contributed by atoms with E-state index >= 15 is 0 Å². The minimum absolute atomic E-state index is 0.0524. The Morgan fingerprint density at radius 2 is 1.77 bits per heavy atom. The molecule has 0 spiro atoms. The Labute approximate surface area is 177 Å². The van der Waals surface area contributed by atoms with Gasteiger partial charge in [0.15, 0.2) is 0 Å². The number of ether oxygens (including phenoxy) is 1. The van der Waals surface area contributed by atoms with Gasteiger partial charge in [-0.05, 0) is 24.3 Å². The van der Waals surface area contributed by atoms with Crippen LogP contribution in [0.5, 0.6) is 5.75 Å². The summed E-state index contributed by atoms with van der Waals surface area (Å²) in [6.45, 7) is -0.656. The molecule has 1 aliphatic rings. The smallest absolute Gasteiger partial charge is 0.269 e. The van der Waals surface area contributed by atoms with Crippen LogP contribution < -0.4 is 10.1 Å². The third kappa shape index (κ3) is 2.93. The predicted octanol–water partition coefficient (Wildman–Crippen LogP) is 3.38. The van der Waals surface area contributed by atoms with Gasteiger partial charge in [0, 0.05) is 16.8 Å². The number of methoxy groups -OCH3 is 1. The van der Waals surface area contributed by atoms with Crippen molar-refractivity contribution >= 4 is 49.5 Å². The van der Waals surface area contributed by atoms with E-state index in [-0.39, 0.29) is 10.5 Å². The fraction of sp³-hybridized carbons (Fsp3) is 0.0909. The van der Waals surface area contributed by atoms with Gasteiger partial charge in [-0.1, -0.05) is 30.3 Å². The lowest BCUT2D eigenvalue weighted by Gasteiger charge is -2.16. The van der Waals surface area contributed by atoms with E-state index in [4.69, 9.17) is 9.15 Å². The summed E-state index contributed by atoms with van der Waals surface area (Å²) in [4.78, 5) is 25.1. The molecule has 8 nitrogen and oxygen atoms in total. The van der Waals surface area contributed by atoms with Crippen LogP contribution >= 0.6 is 0 Å². The minimum Gasteiger partial charge on any atom is -0.495 e. The van der Waals surface area contributed by atoms with Crippen molar-refractivity contribution in [3.05, 3.63) is 66.2 Å². The second-order valence-corrected chi connectivity index (χ2v) is 8.84. The van der Waals surface area contributed by atoms with Gasteiger partial charge in [0.1, 0.15) is 28.4 Å². The zero-order valence-electron chi connectivity index (χ0n) is 16.3. The highest BCUT2D eigenvalue weighted by Crippen LogP contribution is 2.36. The van der Waals surface area contributed by atoms with Gasteiger partial charge in [-0.2, -0.15) is 0 Å². The van der Waals surface area contributed by atoms with E-state index < -0.39 is 28.4 Å². The van der Waals surface area contributed by atoms with Crippen LogP contribution in [0.1, 0.15) is 10.4 Å². The van der Waals surface area contributed by atoms with Crippen molar-refractivity contribution in [2.24, 2.45) is 0 Å². The molecule has 0 unspecified atom stereocenters. The molecule has 0 saturated carbocycles. The van der Waals surface area contributed by atoms with Crippen LogP contribution in [0.4, 0.5) is 5.69 Å². The number of furan rings is 1. The summed E-state index contributed by atoms with van der Waals surface area (Å²) in [5.41, 5.74) is 1.58. The van der Waals surface area contributed by atoms with Crippen LogP contribution in [0.25, 0.3) is 21.9 Å². The molecule has 2 amide bonds. The molecule has 156 valence electrons. The van der Waals surface area contributed by atoms with Crippen molar-refractivity contribution in [3.8, 4) is 5.75 Å². The second kappa shape index (κ2) is 6.85. The number of carbonyl (C=O) groups excluding carboxylic acids is 2. The van der Waals surface area contributed by atoms with Crippen molar-refractivity contribution in [1.29, 1.82) is 0 Å². The van der Waals surface area contributed by atoms with Gasteiger partial charge in [0.05, 0.1) is 18.4 Å². The van der Waals surface area contributed by atoms with Crippen LogP contribution in [0.15, 0.2) is 70.0 Å². The highest BCUT2D eigenvalue weighted by atomic mass is 32.2. The van der Waals surface area contributed by atoms with Gasteiger partial charge in [-0.15, -0.1) is 0 Å². The maximum Gasteiger partial charge on any atom is 0.269 e. The number of para-hydroxylation sites is 1. The van der Waals surface area contributed by atoms with Gasteiger partial charge >= 0.3 is 0 Å². The molecular weight excluding hydrogens is 420 g/mol. The number of benzene rings is 3. The lowest BCUT2D eigenvalue weighted by atomic mass is 10.1. The van der Waals surface area contributed by atoms with Crippen molar-refractivity contribution in [2.75, 3.05) is 19.0 Å². The Kier molecular flexibility index (Phi) is 4.23. The minimum atomic E-state index is -4.08. The van der Waals surface area contributed by atoms with E-state index in [1.54, 1.807) is 18.2 Å². The molecule has 1 aromatic heterocycles. The molecule has 0 radical (unpaired) electrons. The fourth-order valence-electron chi connectivity index (χ4n) is 3.73. The number of carbonyl (C=O) groups is 2. The number of nitrogens with zero attached hydrogens (tertiary/aromatic N) is 1. The Balaban J connectivity index is 1.46. The third-order valence-corrected chi connectivity index (χ3v) is 6.96. The summed E-state index contributed by atoms with van der Waals surface area (Å²) in [6, 6.07) is 16.7. The Bertz CT molecular complexity index is 1490. The van der Waals surface area contributed by atoms with Crippen molar-refractivity contribution in [2.45, 2.75) is 4.90 Å². The molecule has 5 rings (SSSR count). The molecule has 1 aliphatic heterocycles. The first-order valence-corrected chi connectivity index (χ1v) is 10.8. The highest BCUT2D eigenvalue weighted by Gasteiger charge is 2.41. The number of amides is 2. The average Bonchev–Trinajstić information content (AvgIpc) is 3.21. The van der Waals surface area contributed by atoms with E-state index in [0.717, 1.165) is 10.8 Å². The monoisotopic (exact) mass is 436 g/mol. The molecule has 9 heteroatoms. The summed E-state index contributed by atoms with van der Waals surface area (Å²) in [6.07, 6.45) is 0. The van der Waals surface area contributed by atoms with E-state index in [9.17, 15) is 18.0 Å². The summed E-state index contributed by atoms with van der Waals surface area (Å²) in [5.74, 6) is -1.03. The highest BCUT2D eigenvalue weighted by molar-refractivity contribution is 7.90. The van der Waals surface area contributed by atoms with E-state index in [1.807, 2.05) is 24.3 Å². The molecule has 4 aromatic rings. The standard InChI is InChI=1S/C22H16N2O6S/c1-29-19-10-15-13-6-2-4-8-17(13)30-18(15)11-16(19)23-21(25)12-24-22(26)14-7-3-5-9-20(14)31(24,27)28/h2-11H,12H2,1H3,(H,23,25). The zero-order chi connectivity index (χ0) is 21.8. The first-order valence-electron chi connectivity index (χ1n) is 9.35. The first kappa shape index (κ1) is 19.1. The topological polar surface area (TPSA) is 106 Å². The number of hydrogen-bond acceptors (Lipinski definition) is 6. The van der Waals surface area contributed by atoms with Crippen molar-refractivity contribution in [3.63, 3.8) is 0 Å². The third-order valence-electron chi connectivity index (χ3n) is 5.17. The van der Waals surface area contributed by atoms with Gasteiger partial charge in [-0.25, -0.2) is 12.7 Å². The second-order valence-electron chi connectivity index (χ2n) is 7.01. The van der Waals surface area contributed by atoms with Gasteiger partial charge in [0.2, 0.25) is 5.91 Å². The van der Waals surface area contributed by atoms with Crippen LogP contribution in [-0.4, -0.2) is 38.2 Å². The van der Waals surface area contributed by atoms with Crippen molar-refractivity contribution in [1.82, 2.24) is 4.31 Å². The number of anilines is 1. The lowest BCUT2D eigenvalue weighted by molar-refractivity contribution is -0.116. The predicted molar refractivity (Wildman–Crippen MR) is 114 cm³/mol. The fourth-order valence-corrected chi connectivity index (χ4v) is 5.25. The lowest BCUT2D eigenvalue weighted by Crippen LogP contribution is -2.37. The number of hydrogen-bond donors (Lipinski definition) is 1. The molecule has 0 aliphatic carbocycles. The van der Waals surface area contributed by atoms with Crippen LogP contribution in [0.3, 0.4) is 0 Å². The Hall–Kier alpha value is -3.85. The summed E-state index contributed by atoms with van der Waals surface area (Å²) in [7, 11) is -2.61. The molecule has 1 N–H and O–H groups in total. The first-order chi connectivity index (χ1) is 14.9. The zero-order valence-corrected chi connectivity index (χ0v) is 17.1. The molecule has 3 aromatic carbocycles. The summed E-state index contributed by atoms with van der Waals surface area (Å²) in [5, 5.41) is 4.35. The molecule has 31 heavy (non-hydrogen) atoms. The molecule has 0 bridgehead atoms. The van der Waals surface area contributed by atoms with Gasteiger partial charge in [0.25, 0.3) is 15.9 Å². The van der Waals surface area contributed by atoms with E-state index in [0.29, 0.717) is 26.9 Å². The summed E-state index contributed by atoms with van der Waals surface area (Å²) < 4.78 is 37.1. The average molecular weight is 436 g/mol. The molecule has 2 heterocycles. The van der Waals surface area contributed by atoms with Crippen LogP contribution in [0.2, 0.25) is 0 Å². The number of nitrogens with one attached hydrogen (secondary N) is 1. The Morgan fingerprint density at radius 1 is 1.03 bits per heavy atom. The van der Waals surface area contributed by atoms with Crippen LogP contribution in [-0.2, 0) is 14.8 Å². The van der Waals surface area contributed by atoms with E-state index in [2.05, 4.69) is 5.32 Å². The molecule has 0 saturated heterocycles. The number of sulfonamides is 1. The Morgan fingerprint density at radius 3 is 2.55 bits per heavy atom. The molecule has 0 fully saturated rings. The maximum absolute atomic E-state index is 12.7. The largest absolute Gasteiger partial charge is 0.495 e. The molecule has 0 atom stereocenters. The SMILES string of the molecule is COc1cc2c(cc1NC(=O)CN1C(=O)c3ccccc3S1(=O)=O)oc1ccccc12. The number of rotatable bonds is 4. The maximum atomic E-state index is 12.7.